The summed E-state index contributed by atoms with van der Waals surface area (Å²) < 4.78 is 7.59. The summed E-state index contributed by atoms with van der Waals surface area (Å²) in [7, 11) is 2.05. The summed E-state index contributed by atoms with van der Waals surface area (Å²) in [6.45, 7) is 4.78. The van der Waals surface area contributed by atoms with E-state index in [2.05, 4.69) is 51.2 Å². The second-order valence-corrected chi connectivity index (χ2v) is 6.89. The van der Waals surface area contributed by atoms with Crippen LogP contribution in [-0.2, 0) is 6.54 Å². The SMILES string of the molecule is Cc1ccc(-c2nnc(CN(C)C(C)c3ccc(-n4cncn4)cc3)o2)cc1. The lowest BCUT2D eigenvalue weighted by Crippen LogP contribution is -2.22. The van der Waals surface area contributed by atoms with E-state index in [1.807, 2.05) is 43.4 Å². The Balaban J connectivity index is 1.43. The van der Waals surface area contributed by atoms with Crippen LogP contribution < -0.4 is 0 Å². The standard InChI is InChI=1S/C21H22N6O/c1-15-4-6-18(7-5-15)21-25-24-20(28-21)12-26(3)16(2)17-8-10-19(11-9-17)27-14-22-13-23-27/h4-11,13-14,16H,12H2,1-3H3. The molecule has 0 spiro atoms. The van der Waals surface area contributed by atoms with E-state index < -0.39 is 0 Å². The van der Waals surface area contributed by atoms with Crippen LogP contribution in [0.2, 0.25) is 0 Å². The fraction of sp³-hybridized carbons (Fsp3) is 0.238. The highest BCUT2D eigenvalue weighted by molar-refractivity contribution is 5.52. The lowest BCUT2D eigenvalue weighted by atomic mass is 10.1. The minimum absolute atomic E-state index is 0.194. The molecule has 142 valence electrons. The van der Waals surface area contributed by atoms with Crippen LogP contribution in [0, 0.1) is 6.92 Å². The van der Waals surface area contributed by atoms with Crippen LogP contribution in [0.25, 0.3) is 17.1 Å². The maximum absolute atomic E-state index is 5.85. The van der Waals surface area contributed by atoms with Crippen molar-refractivity contribution < 1.29 is 4.42 Å². The predicted molar refractivity (Wildman–Crippen MR) is 106 cm³/mol. The van der Waals surface area contributed by atoms with Crippen LogP contribution >= 0.6 is 0 Å². The molecular formula is C21H22N6O. The summed E-state index contributed by atoms with van der Waals surface area (Å²) in [6, 6.07) is 16.5. The van der Waals surface area contributed by atoms with Gasteiger partial charge < -0.3 is 4.42 Å². The van der Waals surface area contributed by atoms with Gasteiger partial charge in [-0.25, -0.2) is 9.67 Å². The van der Waals surface area contributed by atoms with Crippen molar-refractivity contribution in [3.8, 4) is 17.1 Å². The van der Waals surface area contributed by atoms with Crippen LogP contribution in [0.1, 0.15) is 30.0 Å². The summed E-state index contributed by atoms with van der Waals surface area (Å²) in [4.78, 5) is 6.16. The van der Waals surface area contributed by atoms with Crippen molar-refractivity contribution in [3.63, 3.8) is 0 Å². The lowest BCUT2D eigenvalue weighted by molar-refractivity contribution is 0.228. The highest BCUT2D eigenvalue weighted by Crippen LogP contribution is 2.23. The Morgan fingerprint density at radius 2 is 1.79 bits per heavy atom. The summed E-state index contributed by atoms with van der Waals surface area (Å²) in [5.41, 5.74) is 4.32. The fourth-order valence-corrected chi connectivity index (χ4v) is 2.98. The van der Waals surface area contributed by atoms with Crippen molar-refractivity contribution >= 4 is 0 Å². The molecule has 0 aliphatic rings. The maximum atomic E-state index is 5.85. The fourth-order valence-electron chi connectivity index (χ4n) is 2.98. The monoisotopic (exact) mass is 374 g/mol. The van der Waals surface area contributed by atoms with Gasteiger partial charge in [-0.15, -0.1) is 10.2 Å². The van der Waals surface area contributed by atoms with Gasteiger partial charge in [-0.2, -0.15) is 5.10 Å². The molecule has 0 fully saturated rings. The van der Waals surface area contributed by atoms with Crippen molar-refractivity contribution in [1.82, 2.24) is 29.9 Å². The van der Waals surface area contributed by atoms with Gasteiger partial charge in [-0.05, 0) is 50.7 Å². The number of benzene rings is 2. The normalized spacial score (nSPS) is 12.4. The quantitative estimate of drug-likeness (QED) is 0.511. The second kappa shape index (κ2) is 7.74. The molecule has 0 N–H and O–H groups in total. The van der Waals surface area contributed by atoms with Gasteiger partial charge in [-0.1, -0.05) is 29.8 Å². The zero-order valence-corrected chi connectivity index (χ0v) is 16.1. The molecule has 1 unspecified atom stereocenters. The third-order valence-corrected chi connectivity index (χ3v) is 4.87. The molecular weight excluding hydrogens is 352 g/mol. The average molecular weight is 374 g/mol. The van der Waals surface area contributed by atoms with Crippen molar-refractivity contribution in [2.24, 2.45) is 0 Å². The molecule has 4 rings (SSSR count). The Kier molecular flexibility index (Phi) is 4.99. The average Bonchev–Trinajstić information content (AvgIpc) is 3.40. The van der Waals surface area contributed by atoms with Crippen LogP contribution in [0.5, 0.6) is 0 Å². The smallest absolute Gasteiger partial charge is 0.247 e. The zero-order chi connectivity index (χ0) is 19.5. The Labute approximate surface area is 163 Å². The second-order valence-electron chi connectivity index (χ2n) is 6.89. The Hall–Kier alpha value is -3.32. The molecule has 28 heavy (non-hydrogen) atoms. The highest BCUT2D eigenvalue weighted by Gasteiger charge is 2.16. The summed E-state index contributed by atoms with van der Waals surface area (Å²) in [5, 5.41) is 12.5. The van der Waals surface area contributed by atoms with Gasteiger partial charge in [0.05, 0.1) is 12.2 Å². The van der Waals surface area contributed by atoms with E-state index in [9.17, 15) is 0 Å². The van der Waals surface area contributed by atoms with Crippen molar-refractivity contribution in [3.05, 3.63) is 78.2 Å². The summed E-state index contributed by atoms with van der Waals surface area (Å²) >= 11 is 0. The van der Waals surface area contributed by atoms with Gasteiger partial charge in [0.25, 0.3) is 0 Å². The van der Waals surface area contributed by atoms with Gasteiger partial charge in [0.2, 0.25) is 11.8 Å². The van der Waals surface area contributed by atoms with Crippen LogP contribution in [0.15, 0.2) is 65.6 Å². The van der Waals surface area contributed by atoms with E-state index >= 15 is 0 Å². The van der Waals surface area contributed by atoms with Gasteiger partial charge >= 0.3 is 0 Å². The molecule has 7 nitrogen and oxygen atoms in total. The Morgan fingerprint density at radius 1 is 1.04 bits per heavy atom. The third-order valence-electron chi connectivity index (χ3n) is 4.87. The van der Waals surface area contributed by atoms with E-state index in [0.29, 0.717) is 18.3 Å². The summed E-state index contributed by atoms with van der Waals surface area (Å²) in [6.07, 6.45) is 3.21. The molecule has 2 aromatic carbocycles. The first-order valence-corrected chi connectivity index (χ1v) is 9.15. The number of nitrogens with zero attached hydrogens (tertiary/aromatic N) is 6. The molecule has 2 aromatic heterocycles. The lowest BCUT2D eigenvalue weighted by Gasteiger charge is -2.23. The molecule has 0 amide bonds. The number of aromatic nitrogens is 5. The van der Waals surface area contributed by atoms with Gasteiger partial charge in [0.1, 0.15) is 12.7 Å². The van der Waals surface area contributed by atoms with Crippen LogP contribution in [0.4, 0.5) is 0 Å². The van der Waals surface area contributed by atoms with E-state index in [-0.39, 0.29) is 6.04 Å². The topological polar surface area (TPSA) is 72.9 Å². The van der Waals surface area contributed by atoms with E-state index in [1.54, 1.807) is 11.0 Å². The predicted octanol–water partition coefficient (Wildman–Crippen LogP) is 3.82. The van der Waals surface area contributed by atoms with Crippen LogP contribution in [0.3, 0.4) is 0 Å². The molecule has 7 heteroatoms. The van der Waals surface area contributed by atoms with Crippen molar-refractivity contribution in [2.45, 2.75) is 26.4 Å². The van der Waals surface area contributed by atoms with E-state index in [0.717, 1.165) is 11.3 Å². The largest absolute Gasteiger partial charge is 0.419 e. The molecule has 0 aliphatic carbocycles. The minimum Gasteiger partial charge on any atom is -0.419 e. The summed E-state index contributed by atoms with van der Waals surface area (Å²) in [5.74, 6) is 1.15. The molecule has 4 aromatic rings. The molecule has 0 saturated carbocycles. The highest BCUT2D eigenvalue weighted by atomic mass is 16.4. The number of aryl methyl sites for hydroxylation is 1. The molecule has 1 atom stereocenters. The van der Waals surface area contributed by atoms with Gasteiger partial charge in [0, 0.05) is 11.6 Å². The molecule has 2 heterocycles. The van der Waals surface area contributed by atoms with E-state index in [1.165, 1.54) is 17.5 Å². The van der Waals surface area contributed by atoms with Crippen molar-refractivity contribution in [1.29, 1.82) is 0 Å². The number of rotatable bonds is 6. The zero-order valence-electron chi connectivity index (χ0n) is 16.1. The minimum atomic E-state index is 0.194. The molecule has 0 radical (unpaired) electrons. The Morgan fingerprint density at radius 3 is 2.46 bits per heavy atom. The number of hydrogen-bond donors (Lipinski definition) is 0. The van der Waals surface area contributed by atoms with Crippen LogP contribution in [-0.4, -0.2) is 36.9 Å². The molecule has 0 aliphatic heterocycles. The van der Waals surface area contributed by atoms with Crippen molar-refractivity contribution in [2.75, 3.05) is 7.05 Å². The first kappa shape index (κ1) is 18.1. The third kappa shape index (κ3) is 3.84. The number of hydrogen-bond acceptors (Lipinski definition) is 6. The van der Waals surface area contributed by atoms with E-state index in [4.69, 9.17) is 4.42 Å². The molecule has 0 saturated heterocycles. The first-order chi connectivity index (χ1) is 13.6. The van der Waals surface area contributed by atoms with Gasteiger partial charge in [0.15, 0.2) is 0 Å². The first-order valence-electron chi connectivity index (χ1n) is 9.15. The van der Waals surface area contributed by atoms with Gasteiger partial charge in [-0.3, -0.25) is 4.90 Å². The maximum Gasteiger partial charge on any atom is 0.247 e. The molecule has 0 bridgehead atoms. The Bertz CT molecular complexity index is 1020.